The minimum Gasteiger partial charge on any atom is -0.301 e. The molecule has 1 atom stereocenters. The van der Waals surface area contributed by atoms with Gasteiger partial charge < -0.3 is 4.90 Å². The molecule has 1 aliphatic heterocycles. The van der Waals surface area contributed by atoms with Gasteiger partial charge in [0.15, 0.2) is 0 Å². The van der Waals surface area contributed by atoms with Gasteiger partial charge in [-0.05, 0) is 26.3 Å². The van der Waals surface area contributed by atoms with E-state index in [1.165, 1.54) is 4.90 Å². The number of rotatable bonds is 7. The van der Waals surface area contributed by atoms with Crippen LogP contribution in [0.25, 0.3) is 0 Å². The monoisotopic (exact) mass is 306 g/mol. The first-order valence-electron chi connectivity index (χ1n) is 7.46. The van der Waals surface area contributed by atoms with Gasteiger partial charge in [0.25, 0.3) is 0 Å². The normalized spacial score (nSPS) is 21.0. The van der Waals surface area contributed by atoms with Crippen molar-refractivity contribution >= 4 is 0 Å². The van der Waals surface area contributed by atoms with Crippen LogP contribution < -0.4 is 5.32 Å². The molecule has 4 nitrogen and oxygen atoms in total. The lowest BCUT2D eigenvalue weighted by molar-refractivity contribution is -0.149. The van der Waals surface area contributed by atoms with E-state index in [9.17, 15) is 18.4 Å². The molecule has 1 rings (SSSR count). The zero-order valence-corrected chi connectivity index (χ0v) is 12.8. The van der Waals surface area contributed by atoms with Gasteiger partial charge in [0, 0.05) is 32.7 Å². The largest absolute Gasteiger partial charge is 0.401 e. The number of hydrogen-bond donors (Lipinski definition) is 1. The van der Waals surface area contributed by atoms with Crippen LogP contribution in [-0.4, -0.2) is 67.3 Å². The number of nitrogens with zero attached hydrogens (tertiary/aromatic N) is 3. The Morgan fingerprint density at radius 3 is 2.19 bits per heavy atom. The molecule has 1 fully saturated rings. The van der Waals surface area contributed by atoms with Crippen molar-refractivity contribution in [3.05, 3.63) is 0 Å². The van der Waals surface area contributed by atoms with Crippen LogP contribution in [0, 0.1) is 11.3 Å². The summed E-state index contributed by atoms with van der Waals surface area (Å²) in [4.78, 5) is 3.57. The van der Waals surface area contributed by atoms with E-state index in [1.54, 1.807) is 0 Å². The van der Waals surface area contributed by atoms with Gasteiger partial charge in [-0.1, -0.05) is 6.92 Å². The predicted octanol–water partition coefficient (Wildman–Crippen LogP) is 1.84. The fourth-order valence-electron chi connectivity index (χ4n) is 2.39. The minimum atomic E-state index is -4.12. The fourth-order valence-corrected chi connectivity index (χ4v) is 2.39. The number of nitriles is 1. The average molecular weight is 306 g/mol. The van der Waals surface area contributed by atoms with Crippen molar-refractivity contribution in [2.24, 2.45) is 0 Å². The summed E-state index contributed by atoms with van der Waals surface area (Å²) in [6.45, 7) is 6.76. The smallest absolute Gasteiger partial charge is 0.301 e. The third-order valence-corrected chi connectivity index (χ3v) is 3.81. The Balaban J connectivity index is 2.31. The Morgan fingerprint density at radius 2 is 1.71 bits per heavy atom. The summed E-state index contributed by atoms with van der Waals surface area (Å²) in [5.41, 5.74) is -0.556. The van der Waals surface area contributed by atoms with Crippen molar-refractivity contribution in [3.63, 3.8) is 0 Å². The second kappa shape index (κ2) is 7.97. The van der Waals surface area contributed by atoms with E-state index >= 15 is 0 Å². The van der Waals surface area contributed by atoms with Crippen LogP contribution >= 0.6 is 0 Å². The third kappa shape index (κ3) is 7.11. The van der Waals surface area contributed by atoms with Gasteiger partial charge >= 0.3 is 6.18 Å². The molecule has 1 saturated heterocycles. The zero-order valence-electron chi connectivity index (χ0n) is 12.8. The first-order chi connectivity index (χ1) is 9.78. The topological polar surface area (TPSA) is 42.3 Å². The molecule has 7 heteroatoms. The summed E-state index contributed by atoms with van der Waals surface area (Å²) in [7, 11) is 0. The molecule has 0 radical (unpaired) electrons. The highest BCUT2D eigenvalue weighted by Gasteiger charge is 2.32. The molecule has 1 aliphatic rings. The molecule has 0 amide bonds. The van der Waals surface area contributed by atoms with Gasteiger partial charge in [-0.3, -0.25) is 10.2 Å². The SMILES string of the molecule is CCCNC(C)(C#N)CCN1CCN(CC(F)(F)F)CC1. The number of piperazine rings is 1. The minimum absolute atomic E-state index is 0.436. The molecule has 0 aromatic rings. The first-order valence-corrected chi connectivity index (χ1v) is 7.46. The van der Waals surface area contributed by atoms with Gasteiger partial charge in [0.1, 0.15) is 5.54 Å². The van der Waals surface area contributed by atoms with E-state index in [0.29, 0.717) is 32.6 Å². The standard InChI is InChI=1S/C14H25F3N4/c1-3-5-19-13(2,11-18)4-6-20-7-9-21(10-8-20)12-14(15,16)17/h19H,3-10,12H2,1-2H3. The number of alkyl halides is 3. The molecule has 0 saturated carbocycles. The molecular formula is C14H25F3N4. The lowest BCUT2D eigenvalue weighted by atomic mass is 9.99. The Hall–Kier alpha value is -0.840. The molecule has 1 N–H and O–H groups in total. The maximum Gasteiger partial charge on any atom is 0.401 e. The maximum absolute atomic E-state index is 12.3. The van der Waals surface area contributed by atoms with Crippen molar-refractivity contribution in [1.29, 1.82) is 5.26 Å². The summed E-state index contributed by atoms with van der Waals surface area (Å²) >= 11 is 0. The van der Waals surface area contributed by atoms with Crippen molar-refractivity contribution < 1.29 is 13.2 Å². The van der Waals surface area contributed by atoms with Gasteiger partial charge in [-0.2, -0.15) is 18.4 Å². The van der Waals surface area contributed by atoms with Crippen LogP contribution in [0.4, 0.5) is 13.2 Å². The third-order valence-electron chi connectivity index (χ3n) is 3.81. The molecule has 1 heterocycles. The highest BCUT2D eigenvalue weighted by atomic mass is 19.4. The highest BCUT2D eigenvalue weighted by Crippen LogP contribution is 2.18. The summed E-state index contributed by atoms with van der Waals surface area (Å²) < 4.78 is 36.9. The second-order valence-corrected chi connectivity index (χ2v) is 5.85. The summed E-state index contributed by atoms with van der Waals surface area (Å²) in [6, 6.07) is 2.30. The van der Waals surface area contributed by atoms with Gasteiger partial charge in [0.2, 0.25) is 0 Å². The van der Waals surface area contributed by atoms with E-state index in [-0.39, 0.29) is 0 Å². The molecule has 0 aliphatic carbocycles. The zero-order chi connectivity index (χ0) is 15.9. The van der Waals surface area contributed by atoms with Gasteiger partial charge in [-0.15, -0.1) is 0 Å². The molecule has 21 heavy (non-hydrogen) atoms. The van der Waals surface area contributed by atoms with Gasteiger partial charge in [0.05, 0.1) is 12.6 Å². The quantitative estimate of drug-likeness (QED) is 0.779. The summed E-state index contributed by atoms with van der Waals surface area (Å²) in [5.74, 6) is 0. The lowest BCUT2D eigenvalue weighted by Gasteiger charge is -2.36. The van der Waals surface area contributed by atoms with E-state index in [4.69, 9.17) is 0 Å². The fraction of sp³-hybridized carbons (Fsp3) is 0.929. The van der Waals surface area contributed by atoms with E-state index < -0.39 is 18.3 Å². The molecule has 1 unspecified atom stereocenters. The van der Waals surface area contributed by atoms with E-state index in [0.717, 1.165) is 19.5 Å². The number of hydrogen-bond acceptors (Lipinski definition) is 4. The average Bonchev–Trinajstić information content (AvgIpc) is 2.43. The molecule has 0 aromatic heterocycles. The van der Waals surface area contributed by atoms with Crippen LogP contribution in [0.2, 0.25) is 0 Å². The highest BCUT2D eigenvalue weighted by molar-refractivity contribution is 5.04. The molecule has 122 valence electrons. The summed E-state index contributed by atoms with van der Waals surface area (Å²) in [6.07, 6.45) is -2.47. The van der Waals surface area contributed by atoms with Crippen LogP contribution in [0.3, 0.4) is 0 Å². The first kappa shape index (κ1) is 18.2. The molecule has 0 spiro atoms. The second-order valence-electron chi connectivity index (χ2n) is 5.85. The van der Waals surface area contributed by atoms with Crippen LogP contribution in [0.15, 0.2) is 0 Å². The Labute approximate surface area is 124 Å². The Bertz CT molecular complexity index is 345. The van der Waals surface area contributed by atoms with Gasteiger partial charge in [-0.25, -0.2) is 0 Å². The van der Waals surface area contributed by atoms with E-state index in [1.807, 2.05) is 13.8 Å². The number of halogens is 3. The van der Waals surface area contributed by atoms with Crippen LogP contribution in [0.5, 0.6) is 0 Å². The van der Waals surface area contributed by atoms with Crippen molar-refractivity contribution in [3.8, 4) is 6.07 Å². The predicted molar refractivity (Wildman–Crippen MR) is 75.9 cm³/mol. The lowest BCUT2D eigenvalue weighted by Crippen LogP contribution is -2.51. The van der Waals surface area contributed by atoms with Crippen LogP contribution in [0.1, 0.15) is 26.7 Å². The van der Waals surface area contributed by atoms with Crippen molar-refractivity contribution in [2.75, 3.05) is 45.8 Å². The number of nitrogens with one attached hydrogen (secondary N) is 1. The Kier molecular flexibility index (Phi) is 6.91. The van der Waals surface area contributed by atoms with Crippen molar-refractivity contribution in [2.45, 2.75) is 38.4 Å². The maximum atomic E-state index is 12.3. The van der Waals surface area contributed by atoms with Crippen LogP contribution in [-0.2, 0) is 0 Å². The Morgan fingerprint density at radius 1 is 1.14 bits per heavy atom. The van der Waals surface area contributed by atoms with E-state index in [2.05, 4.69) is 16.3 Å². The molecular weight excluding hydrogens is 281 g/mol. The van der Waals surface area contributed by atoms with Crippen molar-refractivity contribution in [1.82, 2.24) is 15.1 Å². The molecule has 0 bridgehead atoms. The molecule has 0 aromatic carbocycles. The summed E-state index contributed by atoms with van der Waals surface area (Å²) in [5, 5.41) is 12.5.